The monoisotopic (exact) mass is 577 g/mol. The highest BCUT2D eigenvalue weighted by molar-refractivity contribution is 8.00. The summed E-state index contributed by atoms with van der Waals surface area (Å²) in [6, 6.07) is 20.3. The number of β-lactam (4-membered cyclic amide) rings is 1. The first kappa shape index (κ1) is 27.7. The van der Waals surface area contributed by atoms with Crippen LogP contribution in [0.5, 0.6) is 0 Å². The molecule has 5 rings (SSSR count). The number of pyridine rings is 1. The lowest BCUT2D eigenvalue weighted by Gasteiger charge is -2.54. The number of benzene rings is 2. The molecule has 0 spiro atoms. The summed E-state index contributed by atoms with van der Waals surface area (Å²) in [6.45, 7) is 1.26. The Morgan fingerprint density at radius 2 is 1.65 bits per heavy atom. The number of hydrogen-bond donors (Lipinski definition) is 1. The normalized spacial score (nSPS) is 21.6. The van der Waals surface area contributed by atoms with E-state index in [0.29, 0.717) is 0 Å². The van der Waals surface area contributed by atoms with Gasteiger partial charge in [0.2, 0.25) is 11.8 Å². The zero-order valence-corrected chi connectivity index (χ0v) is 23.2. The van der Waals surface area contributed by atoms with Crippen LogP contribution in [0.3, 0.4) is 0 Å². The van der Waals surface area contributed by atoms with Gasteiger partial charge in [0.15, 0.2) is 12.1 Å². The average Bonchev–Trinajstić information content (AvgIpc) is 2.98. The molecule has 0 bridgehead atoms. The van der Waals surface area contributed by atoms with Crippen molar-refractivity contribution in [3.05, 3.63) is 96.3 Å². The minimum absolute atomic E-state index is 0.128. The summed E-state index contributed by atoms with van der Waals surface area (Å²) < 4.78 is 11.5. The molecule has 40 heavy (non-hydrogen) atoms. The molecule has 1 aromatic heterocycles. The van der Waals surface area contributed by atoms with Crippen LogP contribution in [0.1, 0.15) is 24.2 Å². The second kappa shape index (κ2) is 12.6. The number of nitrogens with zero attached hydrogens (tertiary/aromatic N) is 2. The first-order valence-electron chi connectivity index (χ1n) is 12.7. The first-order chi connectivity index (χ1) is 19.4. The Labute approximate surface area is 240 Å². The lowest BCUT2D eigenvalue weighted by molar-refractivity contribution is -0.178. The summed E-state index contributed by atoms with van der Waals surface area (Å²) in [5, 5.41) is 2.31. The molecule has 3 aromatic rings. The fraction of sp³-hybridized carbons (Fsp3) is 0.276. The van der Waals surface area contributed by atoms with Crippen molar-refractivity contribution in [2.45, 2.75) is 41.5 Å². The van der Waals surface area contributed by atoms with E-state index >= 15 is 0 Å². The van der Waals surface area contributed by atoms with Gasteiger partial charge >= 0.3 is 11.9 Å². The lowest BCUT2D eigenvalue weighted by Crippen LogP contribution is -2.77. The van der Waals surface area contributed by atoms with E-state index in [1.54, 1.807) is 24.5 Å². The van der Waals surface area contributed by atoms with Crippen LogP contribution in [0.25, 0.3) is 0 Å². The molecule has 1 N–H and O–H groups in total. The van der Waals surface area contributed by atoms with Gasteiger partial charge in [0.25, 0.3) is 0 Å². The smallest absolute Gasteiger partial charge is 0.333 e. The number of rotatable bonds is 9. The first-order valence-corrected chi connectivity index (χ1v) is 14.7. The number of ether oxygens (including phenoxy) is 2. The van der Waals surface area contributed by atoms with Crippen LogP contribution < -0.4 is 5.32 Å². The van der Waals surface area contributed by atoms with Crippen molar-refractivity contribution in [1.29, 1.82) is 0 Å². The highest BCUT2D eigenvalue weighted by Gasteiger charge is 2.59. The molecule has 0 radical (unpaired) electrons. The van der Waals surface area contributed by atoms with Crippen LogP contribution in [0, 0.1) is 0 Å². The van der Waals surface area contributed by atoms with Crippen molar-refractivity contribution in [2.24, 2.45) is 0 Å². The molecule has 2 aliphatic heterocycles. The maximum absolute atomic E-state index is 13.8. The zero-order valence-electron chi connectivity index (χ0n) is 21.5. The van der Waals surface area contributed by atoms with E-state index in [-0.39, 0.29) is 17.4 Å². The summed E-state index contributed by atoms with van der Waals surface area (Å²) in [5.74, 6) is -1.56. The van der Waals surface area contributed by atoms with E-state index < -0.39 is 47.5 Å². The van der Waals surface area contributed by atoms with Crippen molar-refractivity contribution >= 4 is 47.3 Å². The van der Waals surface area contributed by atoms with Gasteiger partial charge in [-0.05, 0) is 23.3 Å². The molecule has 206 valence electrons. The third-order valence-electron chi connectivity index (χ3n) is 6.50. The second-order valence-corrected chi connectivity index (χ2v) is 11.4. The minimum Gasteiger partial charge on any atom is -0.459 e. The molecule has 2 fully saturated rings. The van der Waals surface area contributed by atoms with Gasteiger partial charge in [0.1, 0.15) is 17.5 Å². The van der Waals surface area contributed by atoms with E-state index in [4.69, 9.17) is 9.47 Å². The molecule has 2 amide bonds. The third kappa shape index (κ3) is 6.15. The van der Waals surface area contributed by atoms with E-state index in [9.17, 15) is 19.2 Å². The molecule has 11 heteroatoms. The predicted octanol–water partition coefficient (Wildman–Crippen LogP) is 3.21. The fourth-order valence-corrected chi connectivity index (χ4v) is 6.81. The van der Waals surface area contributed by atoms with Gasteiger partial charge in [-0.1, -0.05) is 60.7 Å². The summed E-state index contributed by atoms with van der Waals surface area (Å²) in [7, 11) is 0. The van der Waals surface area contributed by atoms with E-state index in [2.05, 4.69) is 10.3 Å². The summed E-state index contributed by atoms with van der Waals surface area (Å²) in [5.41, 5.74) is 1.53. The van der Waals surface area contributed by atoms with Crippen LogP contribution in [0.4, 0.5) is 0 Å². The maximum Gasteiger partial charge on any atom is 0.333 e. The maximum atomic E-state index is 13.8. The number of aromatic nitrogens is 1. The van der Waals surface area contributed by atoms with E-state index in [1.807, 2.05) is 60.7 Å². The molecule has 4 atom stereocenters. The molecule has 3 heterocycles. The Morgan fingerprint density at radius 1 is 1.02 bits per heavy atom. The number of esters is 2. The number of amides is 2. The SMILES string of the molecule is CC(=O)OC1CS[C@@H]2[C@H](NC(=O)CSc3ccncc3)C(=O)N2[C@H]1C(=O)OC(c1ccccc1)c1ccccc1. The van der Waals surface area contributed by atoms with Gasteiger partial charge in [-0.2, -0.15) is 0 Å². The Balaban J connectivity index is 1.32. The zero-order chi connectivity index (χ0) is 28.1. The van der Waals surface area contributed by atoms with Gasteiger partial charge < -0.3 is 19.7 Å². The Hall–Kier alpha value is -3.83. The highest BCUT2D eigenvalue weighted by atomic mass is 32.2. The molecule has 2 saturated heterocycles. The van der Waals surface area contributed by atoms with E-state index in [1.165, 1.54) is 35.3 Å². The van der Waals surface area contributed by atoms with Crippen molar-refractivity contribution < 1.29 is 28.7 Å². The third-order valence-corrected chi connectivity index (χ3v) is 8.87. The Kier molecular flexibility index (Phi) is 8.71. The van der Waals surface area contributed by atoms with Gasteiger partial charge in [-0.15, -0.1) is 23.5 Å². The molecule has 1 unspecified atom stereocenters. The summed E-state index contributed by atoms with van der Waals surface area (Å²) in [6.07, 6.45) is 1.68. The van der Waals surface area contributed by atoms with Crippen LogP contribution in [0.15, 0.2) is 90.1 Å². The largest absolute Gasteiger partial charge is 0.459 e. The van der Waals surface area contributed by atoms with Gasteiger partial charge in [0.05, 0.1) is 5.75 Å². The Bertz CT molecular complexity index is 1320. The van der Waals surface area contributed by atoms with Crippen LogP contribution in [0.2, 0.25) is 0 Å². The van der Waals surface area contributed by atoms with Crippen LogP contribution >= 0.6 is 23.5 Å². The number of carbonyl (C=O) groups excluding carboxylic acids is 4. The fourth-order valence-electron chi connectivity index (χ4n) is 4.70. The molecule has 2 aromatic carbocycles. The molecular formula is C29H27N3O6S2. The van der Waals surface area contributed by atoms with Crippen molar-refractivity contribution in [2.75, 3.05) is 11.5 Å². The summed E-state index contributed by atoms with van der Waals surface area (Å²) in [4.78, 5) is 57.8. The van der Waals surface area contributed by atoms with E-state index in [0.717, 1.165) is 16.0 Å². The Morgan fingerprint density at radius 3 is 2.25 bits per heavy atom. The van der Waals surface area contributed by atoms with Gasteiger partial charge in [0, 0.05) is 30.0 Å². The topological polar surface area (TPSA) is 115 Å². The van der Waals surface area contributed by atoms with Crippen molar-refractivity contribution in [1.82, 2.24) is 15.2 Å². The number of thioether (sulfide) groups is 2. The highest BCUT2D eigenvalue weighted by Crippen LogP contribution is 2.40. The molecular weight excluding hydrogens is 550 g/mol. The molecule has 0 saturated carbocycles. The average molecular weight is 578 g/mol. The number of carbonyl (C=O) groups is 4. The van der Waals surface area contributed by atoms with Gasteiger partial charge in [-0.3, -0.25) is 19.4 Å². The molecule has 0 aliphatic carbocycles. The quantitative estimate of drug-likeness (QED) is 0.233. The second-order valence-electron chi connectivity index (χ2n) is 9.22. The minimum atomic E-state index is -1.14. The summed E-state index contributed by atoms with van der Waals surface area (Å²) >= 11 is 2.69. The van der Waals surface area contributed by atoms with Crippen molar-refractivity contribution in [3.8, 4) is 0 Å². The molecule has 9 nitrogen and oxygen atoms in total. The molecule has 2 aliphatic rings. The number of hydrogen-bond acceptors (Lipinski definition) is 9. The van der Waals surface area contributed by atoms with Crippen LogP contribution in [-0.4, -0.2) is 68.7 Å². The van der Waals surface area contributed by atoms with Crippen LogP contribution in [-0.2, 0) is 28.7 Å². The van der Waals surface area contributed by atoms with Crippen molar-refractivity contribution in [3.63, 3.8) is 0 Å². The lowest BCUT2D eigenvalue weighted by atomic mass is 9.98. The predicted molar refractivity (Wildman–Crippen MR) is 150 cm³/mol. The number of fused-ring (bicyclic) bond motifs is 1. The van der Waals surface area contributed by atoms with Gasteiger partial charge in [-0.25, -0.2) is 4.79 Å². The number of nitrogens with one attached hydrogen (secondary N) is 1. The standard InChI is InChI=1S/C29H27N3O6S2/c1-18(33)37-22-16-40-28-24(31-23(34)17-39-21-12-14-30-15-13-21)27(35)32(28)25(22)29(36)38-26(19-8-4-2-5-9-19)20-10-6-3-7-11-20/h2-15,22,24-26,28H,16-17H2,1H3,(H,31,34)/t22?,24-,25-,28-/m1/s1.